The summed E-state index contributed by atoms with van der Waals surface area (Å²) in [5.74, 6) is -2.42. The molecule has 0 aliphatic heterocycles. The number of carboxylic acid groups (broad SMARTS) is 1. The van der Waals surface area contributed by atoms with E-state index in [0.29, 0.717) is 5.69 Å². The average molecular weight is 207 g/mol. The maximum Gasteiger partial charge on any atom is 0.314 e. The summed E-state index contributed by atoms with van der Waals surface area (Å²) in [7, 11) is 0. The second-order valence-electron chi connectivity index (χ2n) is 3.48. The van der Waals surface area contributed by atoms with Crippen molar-refractivity contribution in [2.24, 2.45) is 5.92 Å². The lowest BCUT2D eigenvalue weighted by atomic mass is 9.99. The minimum absolute atomic E-state index is 0.159. The summed E-state index contributed by atoms with van der Waals surface area (Å²) in [6.45, 7) is 3.11. The van der Waals surface area contributed by atoms with Crippen LogP contribution in [-0.4, -0.2) is 21.8 Å². The highest BCUT2D eigenvalue weighted by molar-refractivity contribution is 5.97. The predicted octanol–water partition coefficient (Wildman–Crippen LogP) is 1.22. The van der Waals surface area contributed by atoms with Gasteiger partial charge >= 0.3 is 5.97 Å². The molecule has 1 aromatic heterocycles. The summed E-state index contributed by atoms with van der Waals surface area (Å²) in [4.78, 5) is 26.0. The van der Waals surface area contributed by atoms with Gasteiger partial charge in [0.25, 0.3) is 0 Å². The van der Waals surface area contributed by atoms with E-state index in [0.717, 1.165) is 5.69 Å². The highest BCUT2D eigenvalue weighted by Crippen LogP contribution is 2.09. The Labute approximate surface area is 88.0 Å². The lowest BCUT2D eigenvalue weighted by molar-refractivity contribution is -0.145. The number of nitrogens with zero attached hydrogens (tertiary/aromatic N) is 1. The number of hydrogen-bond donors (Lipinski definition) is 1. The van der Waals surface area contributed by atoms with Gasteiger partial charge in [-0.15, -0.1) is 0 Å². The average Bonchev–Trinajstić information content (AvgIpc) is 2.13. The van der Waals surface area contributed by atoms with E-state index in [1.165, 1.54) is 6.92 Å². The van der Waals surface area contributed by atoms with Crippen LogP contribution in [0.25, 0.3) is 0 Å². The molecule has 0 radical (unpaired) electrons. The topological polar surface area (TPSA) is 67.3 Å². The molecular weight excluding hydrogens is 194 g/mol. The fourth-order valence-corrected chi connectivity index (χ4v) is 1.33. The van der Waals surface area contributed by atoms with Crippen molar-refractivity contribution in [3.63, 3.8) is 0 Å². The first-order valence-corrected chi connectivity index (χ1v) is 4.66. The van der Waals surface area contributed by atoms with Gasteiger partial charge < -0.3 is 5.11 Å². The monoisotopic (exact) mass is 207 g/mol. The fraction of sp³-hybridized carbons (Fsp3) is 0.364. The zero-order chi connectivity index (χ0) is 11.4. The number of hydrogen-bond acceptors (Lipinski definition) is 3. The largest absolute Gasteiger partial charge is 0.481 e. The fourth-order valence-electron chi connectivity index (χ4n) is 1.33. The molecule has 1 heterocycles. The summed E-state index contributed by atoms with van der Waals surface area (Å²) < 4.78 is 0. The number of ketones is 1. The van der Waals surface area contributed by atoms with E-state index in [4.69, 9.17) is 5.11 Å². The molecule has 80 valence electrons. The highest BCUT2D eigenvalue weighted by atomic mass is 16.4. The van der Waals surface area contributed by atoms with Crippen LogP contribution in [0.15, 0.2) is 18.2 Å². The van der Waals surface area contributed by atoms with Crippen LogP contribution in [0.3, 0.4) is 0 Å². The molecule has 1 N–H and O–H groups in total. The number of aliphatic carboxylic acids is 1. The summed E-state index contributed by atoms with van der Waals surface area (Å²) in [6.07, 6.45) is 0.159. The van der Waals surface area contributed by atoms with Crippen LogP contribution in [-0.2, 0) is 16.0 Å². The number of aromatic nitrogens is 1. The molecule has 0 aliphatic rings. The lowest BCUT2D eigenvalue weighted by Crippen LogP contribution is -2.24. The first-order chi connectivity index (χ1) is 7.00. The van der Waals surface area contributed by atoms with E-state index < -0.39 is 11.9 Å². The van der Waals surface area contributed by atoms with Crippen molar-refractivity contribution in [2.75, 3.05) is 0 Å². The summed E-state index contributed by atoms with van der Waals surface area (Å²) in [5, 5.41) is 8.83. The van der Waals surface area contributed by atoms with Gasteiger partial charge in [0.1, 0.15) is 11.7 Å². The molecule has 4 heteroatoms. The first-order valence-electron chi connectivity index (χ1n) is 4.66. The Hall–Kier alpha value is -1.71. The van der Waals surface area contributed by atoms with Crippen LogP contribution in [0.5, 0.6) is 0 Å². The second-order valence-corrected chi connectivity index (χ2v) is 3.48. The van der Waals surface area contributed by atoms with Crippen molar-refractivity contribution in [3.8, 4) is 0 Å². The molecule has 0 bridgehead atoms. The highest BCUT2D eigenvalue weighted by Gasteiger charge is 2.23. The van der Waals surface area contributed by atoms with Crippen LogP contribution in [0, 0.1) is 12.8 Å². The van der Waals surface area contributed by atoms with E-state index in [9.17, 15) is 9.59 Å². The van der Waals surface area contributed by atoms with Gasteiger partial charge in [-0.05, 0) is 26.0 Å². The third-order valence-corrected chi connectivity index (χ3v) is 2.15. The van der Waals surface area contributed by atoms with Crippen molar-refractivity contribution < 1.29 is 14.7 Å². The first kappa shape index (κ1) is 11.4. The van der Waals surface area contributed by atoms with Crippen molar-refractivity contribution in [1.29, 1.82) is 0 Å². The van der Waals surface area contributed by atoms with Crippen molar-refractivity contribution in [2.45, 2.75) is 20.3 Å². The Kier molecular flexibility index (Phi) is 3.55. The number of carbonyl (C=O) groups excluding carboxylic acids is 1. The Morgan fingerprint density at radius 1 is 1.47 bits per heavy atom. The van der Waals surface area contributed by atoms with Crippen LogP contribution in [0.1, 0.15) is 18.3 Å². The second kappa shape index (κ2) is 4.68. The van der Waals surface area contributed by atoms with E-state index >= 15 is 0 Å². The third kappa shape index (κ3) is 3.16. The third-order valence-electron chi connectivity index (χ3n) is 2.15. The van der Waals surface area contributed by atoms with Crippen LogP contribution in [0.4, 0.5) is 0 Å². The van der Waals surface area contributed by atoms with E-state index in [2.05, 4.69) is 4.98 Å². The SMILES string of the molecule is CC(=O)C(Cc1cccc(C)n1)C(=O)O. The maximum atomic E-state index is 11.1. The number of pyridine rings is 1. The predicted molar refractivity (Wildman–Crippen MR) is 54.5 cm³/mol. The molecule has 1 unspecified atom stereocenters. The molecule has 4 nitrogen and oxygen atoms in total. The van der Waals surface area contributed by atoms with Crippen molar-refractivity contribution in [3.05, 3.63) is 29.6 Å². The summed E-state index contributed by atoms with van der Waals surface area (Å²) in [6, 6.07) is 5.36. The molecule has 0 saturated heterocycles. The zero-order valence-corrected chi connectivity index (χ0v) is 8.73. The van der Waals surface area contributed by atoms with Crippen molar-refractivity contribution in [1.82, 2.24) is 4.98 Å². The lowest BCUT2D eigenvalue weighted by Gasteiger charge is -2.08. The molecule has 0 aromatic carbocycles. The number of rotatable bonds is 4. The molecule has 0 fully saturated rings. The van der Waals surface area contributed by atoms with Gasteiger partial charge in [0.15, 0.2) is 0 Å². The molecule has 1 atom stereocenters. The van der Waals surface area contributed by atoms with Crippen LogP contribution < -0.4 is 0 Å². The Morgan fingerprint density at radius 2 is 2.13 bits per heavy atom. The molecule has 0 spiro atoms. The van der Waals surface area contributed by atoms with Crippen LogP contribution in [0.2, 0.25) is 0 Å². The Morgan fingerprint density at radius 3 is 2.60 bits per heavy atom. The molecule has 0 saturated carbocycles. The Bertz CT molecular complexity index is 373. The summed E-state index contributed by atoms with van der Waals surface area (Å²) >= 11 is 0. The minimum Gasteiger partial charge on any atom is -0.481 e. The van der Waals surface area contributed by atoms with Gasteiger partial charge in [0.2, 0.25) is 0 Å². The van der Waals surface area contributed by atoms with Crippen LogP contribution >= 0.6 is 0 Å². The quantitative estimate of drug-likeness (QED) is 0.754. The van der Waals surface area contributed by atoms with Gasteiger partial charge in [-0.1, -0.05) is 6.07 Å². The standard InChI is InChI=1S/C11H13NO3/c1-7-4-3-5-9(12-7)6-10(8(2)13)11(14)15/h3-5,10H,6H2,1-2H3,(H,14,15). The zero-order valence-electron chi connectivity index (χ0n) is 8.73. The normalized spacial score (nSPS) is 12.1. The van der Waals surface area contributed by atoms with Gasteiger partial charge in [-0.2, -0.15) is 0 Å². The molecular formula is C11H13NO3. The molecule has 15 heavy (non-hydrogen) atoms. The summed E-state index contributed by atoms with van der Waals surface area (Å²) in [5.41, 5.74) is 1.46. The maximum absolute atomic E-state index is 11.1. The molecule has 0 aliphatic carbocycles. The van der Waals surface area contributed by atoms with Gasteiger partial charge in [0, 0.05) is 17.8 Å². The number of carbonyl (C=O) groups is 2. The number of Topliss-reactive ketones (excluding diaryl/α,β-unsaturated/α-hetero) is 1. The van der Waals surface area contributed by atoms with E-state index in [-0.39, 0.29) is 12.2 Å². The smallest absolute Gasteiger partial charge is 0.314 e. The molecule has 1 rings (SSSR count). The molecule has 1 aromatic rings. The van der Waals surface area contributed by atoms with Crippen molar-refractivity contribution >= 4 is 11.8 Å². The minimum atomic E-state index is -1.09. The van der Waals surface area contributed by atoms with Gasteiger partial charge in [0.05, 0.1) is 0 Å². The van der Waals surface area contributed by atoms with Gasteiger partial charge in [-0.25, -0.2) is 0 Å². The Balaban J connectivity index is 2.83. The number of aryl methyl sites for hydroxylation is 1. The van der Waals surface area contributed by atoms with E-state index in [1.807, 2.05) is 13.0 Å². The molecule has 0 amide bonds. The number of carboxylic acids is 1. The van der Waals surface area contributed by atoms with Gasteiger partial charge in [-0.3, -0.25) is 14.6 Å². The van der Waals surface area contributed by atoms with E-state index in [1.54, 1.807) is 12.1 Å².